The lowest BCUT2D eigenvalue weighted by molar-refractivity contribution is -0.120. The molecule has 78 valence electrons. The predicted octanol–water partition coefficient (Wildman–Crippen LogP) is -0.127. The van der Waals surface area contributed by atoms with Crippen molar-refractivity contribution in [2.45, 2.75) is 32.8 Å². The third kappa shape index (κ3) is 9.30. The van der Waals surface area contributed by atoms with Gasteiger partial charge in [0.2, 0.25) is 5.91 Å². The summed E-state index contributed by atoms with van der Waals surface area (Å²) in [6.07, 6.45) is 1.44. The Morgan fingerprint density at radius 3 is 2.77 bits per heavy atom. The number of hydrogen-bond acceptors (Lipinski definition) is 3. The number of nitrogens with one attached hydrogen (secondary N) is 2. The van der Waals surface area contributed by atoms with Crippen molar-refractivity contribution in [2.75, 3.05) is 19.6 Å². The summed E-state index contributed by atoms with van der Waals surface area (Å²) in [5.74, 6) is 0.0274. The van der Waals surface area contributed by atoms with Crippen molar-refractivity contribution >= 4 is 5.91 Å². The lowest BCUT2D eigenvalue weighted by atomic mass is 10.2. The van der Waals surface area contributed by atoms with Crippen LogP contribution >= 0.6 is 0 Å². The van der Waals surface area contributed by atoms with Crippen LogP contribution in [0.25, 0.3) is 0 Å². The average molecular weight is 188 g/mol. The molecule has 3 N–H and O–H groups in total. The molecule has 0 heterocycles. The first-order chi connectivity index (χ1) is 6.16. The number of aliphatic hydroxyl groups excluding tert-OH is 1. The zero-order valence-corrected chi connectivity index (χ0v) is 8.47. The molecular weight excluding hydrogens is 168 g/mol. The molecule has 1 atom stereocenters. The second-order valence-electron chi connectivity index (χ2n) is 3.12. The van der Waals surface area contributed by atoms with Crippen LogP contribution in [0.1, 0.15) is 26.7 Å². The second kappa shape index (κ2) is 8.01. The predicted molar refractivity (Wildman–Crippen MR) is 52.5 cm³/mol. The number of aliphatic hydroxyl groups is 1. The van der Waals surface area contributed by atoms with E-state index in [1.165, 1.54) is 0 Å². The molecule has 0 rings (SSSR count). The van der Waals surface area contributed by atoms with E-state index in [9.17, 15) is 4.79 Å². The summed E-state index contributed by atoms with van der Waals surface area (Å²) < 4.78 is 0. The van der Waals surface area contributed by atoms with Crippen molar-refractivity contribution in [3.63, 3.8) is 0 Å². The Hall–Kier alpha value is -0.610. The highest BCUT2D eigenvalue weighted by molar-refractivity contribution is 5.77. The van der Waals surface area contributed by atoms with Crippen LogP contribution in [0.4, 0.5) is 0 Å². The van der Waals surface area contributed by atoms with Crippen molar-refractivity contribution in [3.8, 4) is 0 Å². The van der Waals surface area contributed by atoms with Crippen LogP contribution < -0.4 is 10.6 Å². The van der Waals surface area contributed by atoms with Gasteiger partial charge in [0.05, 0.1) is 12.6 Å². The minimum atomic E-state index is -0.244. The molecule has 0 aliphatic rings. The Kier molecular flexibility index (Phi) is 7.63. The Morgan fingerprint density at radius 2 is 2.23 bits per heavy atom. The van der Waals surface area contributed by atoms with Gasteiger partial charge in [-0.05, 0) is 33.2 Å². The molecular formula is C9H20N2O2. The van der Waals surface area contributed by atoms with Gasteiger partial charge < -0.3 is 15.7 Å². The standard InChI is InChI=1S/C9H20N2O2/c1-3-11-9(13)7-10-6-4-5-8(2)12/h8,10,12H,3-7H2,1-2H3,(H,11,13). The molecule has 0 aliphatic heterocycles. The van der Waals surface area contributed by atoms with Crippen molar-refractivity contribution in [1.29, 1.82) is 0 Å². The molecule has 0 saturated heterocycles. The largest absolute Gasteiger partial charge is 0.393 e. The average Bonchev–Trinajstić information content (AvgIpc) is 2.03. The van der Waals surface area contributed by atoms with Crippen LogP contribution in [0.3, 0.4) is 0 Å². The van der Waals surface area contributed by atoms with Crippen LogP contribution in [-0.4, -0.2) is 36.8 Å². The number of likely N-dealkylation sites (N-methyl/N-ethyl adjacent to an activating group) is 1. The quantitative estimate of drug-likeness (QED) is 0.488. The molecule has 0 radical (unpaired) electrons. The lowest BCUT2D eigenvalue weighted by Crippen LogP contribution is -2.34. The highest BCUT2D eigenvalue weighted by Gasteiger charge is 1.98. The molecule has 0 aromatic heterocycles. The number of rotatable bonds is 7. The Bertz CT molecular complexity index is 138. The van der Waals surface area contributed by atoms with Crippen LogP contribution in [0, 0.1) is 0 Å². The summed E-state index contributed by atoms with van der Waals surface area (Å²) in [4.78, 5) is 10.9. The summed E-state index contributed by atoms with van der Waals surface area (Å²) in [6, 6.07) is 0. The van der Waals surface area contributed by atoms with Crippen LogP contribution in [0.15, 0.2) is 0 Å². The maximum absolute atomic E-state index is 10.9. The van der Waals surface area contributed by atoms with Crippen LogP contribution in [-0.2, 0) is 4.79 Å². The van der Waals surface area contributed by atoms with Gasteiger partial charge in [-0.1, -0.05) is 0 Å². The molecule has 0 bridgehead atoms. The summed E-state index contributed by atoms with van der Waals surface area (Å²) >= 11 is 0. The molecule has 13 heavy (non-hydrogen) atoms. The van der Waals surface area contributed by atoms with E-state index >= 15 is 0 Å². The normalized spacial score (nSPS) is 12.5. The van der Waals surface area contributed by atoms with Crippen LogP contribution in [0.5, 0.6) is 0 Å². The molecule has 0 aromatic rings. The van der Waals surface area contributed by atoms with E-state index in [-0.39, 0.29) is 12.0 Å². The summed E-state index contributed by atoms with van der Waals surface area (Å²) in [6.45, 7) is 5.49. The summed E-state index contributed by atoms with van der Waals surface area (Å²) in [5, 5.41) is 14.6. The maximum Gasteiger partial charge on any atom is 0.233 e. The number of carbonyl (C=O) groups is 1. The molecule has 0 fully saturated rings. The van der Waals surface area contributed by atoms with Crippen molar-refractivity contribution < 1.29 is 9.90 Å². The van der Waals surface area contributed by atoms with Crippen molar-refractivity contribution in [1.82, 2.24) is 10.6 Å². The van der Waals surface area contributed by atoms with Gasteiger partial charge in [-0.25, -0.2) is 0 Å². The van der Waals surface area contributed by atoms with E-state index in [0.29, 0.717) is 13.1 Å². The van der Waals surface area contributed by atoms with Gasteiger partial charge in [-0.2, -0.15) is 0 Å². The first kappa shape index (κ1) is 12.4. The Morgan fingerprint density at radius 1 is 1.54 bits per heavy atom. The number of carbonyl (C=O) groups excluding carboxylic acids is 1. The topological polar surface area (TPSA) is 61.4 Å². The highest BCUT2D eigenvalue weighted by Crippen LogP contribution is 1.92. The first-order valence-electron chi connectivity index (χ1n) is 4.82. The third-order valence-electron chi connectivity index (χ3n) is 1.63. The third-order valence-corrected chi connectivity index (χ3v) is 1.63. The SMILES string of the molecule is CCNC(=O)CNCCCC(C)O. The van der Waals surface area contributed by atoms with E-state index in [0.717, 1.165) is 19.4 Å². The summed E-state index contributed by atoms with van der Waals surface area (Å²) in [7, 11) is 0. The smallest absolute Gasteiger partial charge is 0.233 e. The molecule has 0 spiro atoms. The van der Waals surface area contributed by atoms with E-state index in [1.54, 1.807) is 6.92 Å². The van der Waals surface area contributed by atoms with Crippen molar-refractivity contribution in [2.24, 2.45) is 0 Å². The van der Waals surface area contributed by atoms with E-state index in [4.69, 9.17) is 5.11 Å². The molecule has 0 aromatic carbocycles. The van der Waals surface area contributed by atoms with Gasteiger partial charge in [-0.15, -0.1) is 0 Å². The highest BCUT2D eigenvalue weighted by atomic mass is 16.3. The Balaban J connectivity index is 3.11. The summed E-state index contributed by atoms with van der Waals surface area (Å²) in [5.41, 5.74) is 0. The van der Waals surface area contributed by atoms with Crippen molar-refractivity contribution in [3.05, 3.63) is 0 Å². The first-order valence-corrected chi connectivity index (χ1v) is 4.82. The molecule has 0 aliphatic carbocycles. The molecule has 0 saturated carbocycles. The zero-order chi connectivity index (χ0) is 10.1. The molecule has 4 nitrogen and oxygen atoms in total. The van der Waals surface area contributed by atoms with E-state index < -0.39 is 0 Å². The Labute approximate surface area is 79.7 Å². The fourth-order valence-corrected chi connectivity index (χ4v) is 0.984. The van der Waals surface area contributed by atoms with Gasteiger partial charge >= 0.3 is 0 Å². The van der Waals surface area contributed by atoms with E-state index in [1.807, 2.05) is 6.92 Å². The molecule has 1 amide bonds. The van der Waals surface area contributed by atoms with Gasteiger partial charge in [0.1, 0.15) is 0 Å². The van der Waals surface area contributed by atoms with Crippen LogP contribution in [0.2, 0.25) is 0 Å². The monoisotopic (exact) mass is 188 g/mol. The number of hydrogen-bond donors (Lipinski definition) is 3. The van der Waals surface area contributed by atoms with Gasteiger partial charge in [0, 0.05) is 6.54 Å². The van der Waals surface area contributed by atoms with Gasteiger partial charge in [0.15, 0.2) is 0 Å². The van der Waals surface area contributed by atoms with Gasteiger partial charge in [-0.3, -0.25) is 4.79 Å². The lowest BCUT2D eigenvalue weighted by Gasteiger charge is -2.05. The van der Waals surface area contributed by atoms with E-state index in [2.05, 4.69) is 10.6 Å². The van der Waals surface area contributed by atoms with Gasteiger partial charge in [0.25, 0.3) is 0 Å². The minimum Gasteiger partial charge on any atom is -0.393 e. The zero-order valence-electron chi connectivity index (χ0n) is 8.47. The fourth-order valence-electron chi connectivity index (χ4n) is 0.984. The minimum absolute atomic E-state index is 0.0274. The fraction of sp³-hybridized carbons (Fsp3) is 0.889. The number of amides is 1. The second-order valence-corrected chi connectivity index (χ2v) is 3.12. The molecule has 4 heteroatoms. The maximum atomic E-state index is 10.9. The molecule has 1 unspecified atom stereocenters.